The van der Waals surface area contributed by atoms with Gasteiger partial charge in [0.1, 0.15) is 5.76 Å². The molecule has 3 rings (SSSR count). The molecule has 0 N–H and O–H groups in total. The van der Waals surface area contributed by atoms with Gasteiger partial charge in [0.15, 0.2) is 0 Å². The van der Waals surface area contributed by atoms with Gasteiger partial charge in [0.2, 0.25) is 5.89 Å². The van der Waals surface area contributed by atoms with E-state index in [1.54, 1.807) is 11.3 Å². The number of halogens is 3. The van der Waals surface area contributed by atoms with E-state index in [4.69, 9.17) is 4.42 Å². The lowest BCUT2D eigenvalue weighted by Gasteiger charge is -2.23. The van der Waals surface area contributed by atoms with Crippen molar-refractivity contribution in [2.45, 2.75) is 46.5 Å². The van der Waals surface area contributed by atoms with Gasteiger partial charge in [-0.05, 0) is 59.0 Å². The topological polar surface area (TPSA) is 42.2 Å². The lowest BCUT2D eigenvalue weighted by atomic mass is 10.1. The minimum absolute atomic E-state index is 0.107. The van der Waals surface area contributed by atoms with Crippen LogP contribution in [0.4, 0.5) is 13.2 Å². The Balaban J connectivity index is 1.77. The number of oxazole rings is 1. The molecule has 0 spiro atoms. The Kier molecular flexibility index (Phi) is 5.63. The Morgan fingerprint density at radius 1 is 1.11 bits per heavy atom. The number of aryl methyl sites for hydroxylation is 3. The highest BCUT2D eigenvalue weighted by Crippen LogP contribution is 2.32. The molecule has 0 aliphatic carbocycles. The number of hydrogen-bond donors (Lipinski definition) is 0. The first-order valence-electron chi connectivity index (χ1n) is 8.84. The van der Waals surface area contributed by atoms with Crippen molar-refractivity contribution >= 4 is 11.3 Å². The molecule has 150 valence electrons. The summed E-state index contributed by atoms with van der Waals surface area (Å²) in [5.74, 6) is 0.975. The first-order chi connectivity index (χ1) is 13.1. The fourth-order valence-electron chi connectivity index (χ4n) is 3.01. The van der Waals surface area contributed by atoms with Crippen LogP contribution in [-0.2, 0) is 12.7 Å². The number of benzene rings is 1. The van der Waals surface area contributed by atoms with Gasteiger partial charge in [-0.25, -0.2) is 9.97 Å². The Morgan fingerprint density at radius 2 is 1.75 bits per heavy atom. The van der Waals surface area contributed by atoms with Crippen LogP contribution in [0.25, 0.3) is 11.5 Å². The van der Waals surface area contributed by atoms with E-state index in [-0.39, 0.29) is 6.04 Å². The SMILES string of the molecule is Cc1nc(C(C)N(C)Cc2nc(-c3ccc(C(F)(F)F)cc3)oc2C)c(C)s1. The standard InChI is InChI=1S/C20H22F3N3OS/c1-11(18-13(3)28-14(4)24-18)26(5)10-17-12(2)27-19(25-17)15-6-8-16(9-7-15)20(21,22)23/h6-9,11H,10H2,1-5H3. The normalized spacial score (nSPS) is 13.3. The molecule has 1 atom stereocenters. The minimum Gasteiger partial charge on any atom is -0.441 e. The summed E-state index contributed by atoms with van der Waals surface area (Å²) in [5, 5.41) is 1.04. The number of rotatable bonds is 5. The van der Waals surface area contributed by atoms with Gasteiger partial charge >= 0.3 is 6.18 Å². The summed E-state index contributed by atoms with van der Waals surface area (Å²) < 4.78 is 43.9. The molecule has 0 aliphatic heterocycles. The number of alkyl halides is 3. The molecule has 0 saturated heterocycles. The summed E-state index contributed by atoms with van der Waals surface area (Å²) >= 11 is 1.68. The van der Waals surface area contributed by atoms with Gasteiger partial charge in [0.25, 0.3) is 0 Å². The van der Waals surface area contributed by atoms with Crippen LogP contribution in [0.1, 0.15) is 45.6 Å². The molecule has 1 aromatic carbocycles. The van der Waals surface area contributed by atoms with Crippen LogP contribution in [0.2, 0.25) is 0 Å². The van der Waals surface area contributed by atoms with Gasteiger partial charge < -0.3 is 4.42 Å². The summed E-state index contributed by atoms with van der Waals surface area (Å²) in [5.41, 5.74) is 1.63. The van der Waals surface area contributed by atoms with Crippen molar-refractivity contribution in [2.75, 3.05) is 7.05 Å². The highest BCUT2D eigenvalue weighted by molar-refractivity contribution is 7.11. The Morgan fingerprint density at radius 3 is 2.29 bits per heavy atom. The summed E-state index contributed by atoms with van der Waals surface area (Å²) in [6, 6.07) is 4.94. The van der Waals surface area contributed by atoms with Crippen molar-refractivity contribution in [1.82, 2.24) is 14.9 Å². The van der Waals surface area contributed by atoms with E-state index in [2.05, 4.69) is 28.7 Å². The van der Waals surface area contributed by atoms with Crippen LogP contribution in [-0.4, -0.2) is 21.9 Å². The summed E-state index contributed by atoms with van der Waals surface area (Å²) in [7, 11) is 1.99. The van der Waals surface area contributed by atoms with Gasteiger partial charge in [0.05, 0.1) is 28.0 Å². The van der Waals surface area contributed by atoms with E-state index in [1.165, 1.54) is 17.0 Å². The maximum absolute atomic E-state index is 12.7. The van der Waals surface area contributed by atoms with Crippen LogP contribution >= 0.6 is 11.3 Å². The van der Waals surface area contributed by atoms with Crippen molar-refractivity contribution in [2.24, 2.45) is 0 Å². The van der Waals surface area contributed by atoms with Crippen LogP contribution in [0.15, 0.2) is 28.7 Å². The first kappa shape index (κ1) is 20.5. The van der Waals surface area contributed by atoms with Crippen molar-refractivity contribution < 1.29 is 17.6 Å². The first-order valence-corrected chi connectivity index (χ1v) is 9.66. The van der Waals surface area contributed by atoms with Gasteiger partial charge in [0, 0.05) is 17.0 Å². The predicted octanol–water partition coefficient (Wildman–Crippen LogP) is 5.94. The van der Waals surface area contributed by atoms with Crippen LogP contribution in [0.3, 0.4) is 0 Å². The van der Waals surface area contributed by atoms with Crippen molar-refractivity contribution in [3.05, 3.63) is 56.9 Å². The molecule has 2 heterocycles. The highest BCUT2D eigenvalue weighted by atomic mass is 32.1. The molecule has 0 radical (unpaired) electrons. The molecule has 3 aromatic rings. The van der Waals surface area contributed by atoms with E-state index >= 15 is 0 Å². The quantitative estimate of drug-likeness (QED) is 0.523. The smallest absolute Gasteiger partial charge is 0.416 e. The fraction of sp³-hybridized carbons (Fsp3) is 0.400. The number of hydrogen-bond acceptors (Lipinski definition) is 5. The molecule has 1 unspecified atom stereocenters. The molecule has 4 nitrogen and oxygen atoms in total. The zero-order valence-electron chi connectivity index (χ0n) is 16.4. The highest BCUT2D eigenvalue weighted by Gasteiger charge is 2.30. The summed E-state index contributed by atoms with van der Waals surface area (Å²) in [6.07, 6.45) is -4.36. The van der Waals surface area contributed by atoms with Gasteiger partial charge in [-0.1, -0.05) is 0 Å². The fourth-order valence-corrected chi connectivity index (χ4v) is 3.92. The Labute approximate surface area is 166 Å². The maximum atomic E-state index is 12.7. The molecule has 0 fully saturated rings. The molecular formula is C20H22F3N3OS. The average Bonchev–Trinajstić information content (AvgIpc) is 3.15. The number of aromatic nitrogens is 2. The molecule has 0 saturated carbocycles. The molecule has 28 heavy (non-hydrogen) atoms. The number of nitrogens with zero attached hydrogens (tertiary/aromatic N) is 3. The lowest BCUT2D eigenvalue weighted by Crippen LogP contribution is -2.23. The van der Waals surface area contributed by atoms with E-state index in [9.17, 15) is 13.2 Å². The third-order valence-electron chi connectivity index (χ3n) is 4.75. The van der Waals surface area contributed by atoms with Gasteiger partial charge in [-0.2, -0.15) is 13.2 Å². The Hall–Kier alpha value is -2.19. The predicted molar refractivity (Wildman–Crippen MR) is 103 cm³/mol. The molecule has 0 bridgehead atoms. The monoisotopic (exact) mass is 409 g/mol. The molecular weight excluding hydrogens is 387 g/mol. The number of thiazole rings is 1. The molecule has 2 aromatic heterocycles. The summed E-state index contributed by atoms with van der Waals surface area (Å²) in [6.45, 7) is 8.51. The van der Waals surface area contributed by atoms with Crippen molar-refractivity contribution in [3.63, 3.8) is 0 Å². The van der Waals surface area contributed by atoms with Crippen LogP contribution in [0.5, 0.6) is 0 Å². The third kappa shape index (κ3) is 4.28. The van der Waals surface area contributed by atoms with E-state index in [0.717, 1.165) is 28.5 Å². The third-order valence-corrected chi connectivity index (χ3v) is 5.65. The Bertz CT molecular complexity index is 960. The zero-order valence-corrected chi connectivity index (χ0v) is 17.2. The lowest BCUT2D eigenvalue weighted by molar-refractivity contribution is -0.137. The van der Waals surface area contributed by atoms with Crippen LogP contribution < -0.4 is 0 Å². The zero-order chi connectivity index (χ0) is 20.6. The molecule has 8 heteroatoms. The largest absolute Gasteiger partial charge is 0.441 e. The van der Waals surface area contributed by atoms with E-state index in [1.807, 2.05) is 20.9 Å². The second-order valence-corrected chi connectivity index (χ2v) is 8.27. The minimum atomic E-state index is -4.36. The van der Waals surface area contributed by atoms with Gasteiger partial charge in [-0.3, -0.25) is 4.90 Å². The molecule has 0 amide bonds. The van der Waals surface area contributed by atoms with Crippen molar-refractivity contribution in [3.8, 4) is 11.5 Å². The molecule has 0 aliphatic rings. The average molecular weight is 409 g/mol. The second-order valence-electron chi connectivity index (χ2n) is 6.86. The second kappa shape index (κ2) is 7.67. The van der Waals surface area contributed by atoms with Crippen LogP contribution in [0, 0.1) is 20.8 Å². The van der Waals surface area contributed by atoms with Gasteiger partial charge in [-0.15, -0.1) is 11.3 Å². The van der Waals surface area contributed by atoms with Crippen molar-refractivity contribution in [1.29, 1.82) is 0 Å². The van der Waals surface area contributed by atoms with E-state index in [0.29, 0.717) is 23.8 Å². The van der Waals surface area contributed by atoms with E-state index < -0.39 is 11.7 Å². The maximum Gasteiger partial charge on any atom is 0.416 e. The summed E-state index contributed by atoms with van der Waals surface area (Å²) in [4.78, 5) is 12.4.